The number of fused-ring (bicyclic) bond motifs is 2. The fourth-order valence-corrected chi connectivity index (χ4v) is 4.50. The van der Waals surface area contributed by atoms with E-state index in [2.05, 4.69) is 34.4 Å². The molecule has 0 amide bonds. The van der Waals surface area contributed by atoms with Crippen molar-refractivity contribution in [3.63, 3.8) is 0 Å². The molecule has 3 aromatic rings. The predicted octanol–water partition coefficient (Wildman–Crippen LogP) is 3.05. The lowest BCUT2D eigenvalue weighted by molar-refractivity contribution is 0.668. The Balaban J connectivity index is 1.73. The molecular weight excluding hydrogens is 322 g/mol. The van der Waals surface area contributed by atoms with E-state index in [-0.39, 0.29) is 6.04 Å². The van der Waals surface area contributed by atoms with E-state index in [1.54, 1.807) is 0 Å². The number of hydrogen-bond donors (Lipinski definition) is 1. The standard InChI is InChI=1S/C21H25N5/c1-25-12-15(11-23-25)14-6-7-20-18(10-14)21(26-9-8-16(22)13-26)17-4-2-3-5-19(17)24-20/h6-7,10-12,16H,2-5,8-9,13,22H2,1H3. The SMILES string of the molecule is Cn1cc(-c2ccc3nc4c(c(N5CCC(N)C5)c3c2)CCCC4)cn1. The van der Waals surface area contributed by atoms with Gasteiger partial charge in [0.25, 0.3) is 0 Å². The van der Waals surface area contributed by atoms with E-state index >= 15 is 0 Å². The van der Waals surface area contributed by atoms with E-state index in [4.69, 9.17) is 10.7 Å². The monoisotopic (exact) mass is 347 g/mol. The average Bonchev–Trinajstić information content (AvgIpc) is 3.27. The van der Waals surface area contributed by atoms with Gasteiger partial charge < -0.3 is 10.6 Å². The van der Waals surface area contributed by atoms with Gasteiger partial charge in [-0.05, 0) is 55.4 Å². The molecule has 1 aliphatic heterocycles. The van der Waals surface area contributed by atoms with Crippen molar-refractivity contribution in [2.24, 2.45) is 12.8 Å². The summed E-state index contributed by atoms with van der Waals surface area (Å²) in [6.07, 6.45) is 9.81. The summed E-state index contributed by atoms with van der Waals surface area (Å²) < 4.78 is 1.85. The van der Waals surface area contributed by atoms with Crippen LogP contribution in [0.4, 0.5) is 5.69 Å². The molecule has 5 rings (SSSR count). The molecule has 1 aromatic carbocycles. The predicted molar refractivity (Wildman–Crippen MR) is 105 cm³/mol. The average molecular weight is 347 g/mol. The zero-order valence-electron chi connectivity index (χ0n) is 15.3. The summed E-state index contributed by atoms with van der Waals surface area (Å²) in [7, 11) is 1.96. The van der Waals surface area contributed by atoms with Crippen molar-refractivity contribution in [2.45, 2.75) is 38.1 Å². The summed E-state index contributed by atoms with van der Waals surface area (Å²) in [4.78, 5) is 7.53. The molecule has 1 aliphatic carbocycles. The molecule has 0 bridgehead atoms. The first-order chi connectivity index (χ1) is 12.7. The van der Waals surface area contributed by atoms with E-state index in [0.29, 0.717) is 0 Å². The van der Waals surface area contributed by atoms with Crippen LogP contribution in [0.5, 0.6) is 0 Å². The van der Waals surface area contributed by atoms with Crippen LogP contribution in [0.1, 0.15) is 30.5 Å². The van der Waals surface area contributed by atoms with Crippen molar-refractivity contribution < 1.29 is 0 Å². The van der Waals surface area contributed by atoms with Gasteiger partial charge in [0.15, 0.2) is 0 Å². The Morgan fingerprint density at radius 2 is 2.04 bits per heavy atom. The minimum Gasteiger partial charge on any atom is -0.369 e. The van der Waals surface area contributed by atoms with Crippen LogP contribution in [-0.4, -0.2) is 33.9 Å². The van der Waals surface area contributed by atoms with Gasteiger partial charge in [-0.15, -0.1) is 0 Å². The first-order valence-electron chi connectivity index (χ1n) is 9.64. The number of rotatable bonds is 2. The molecule has 0 saturated carbocycles. The molecule has 1 fully saturated rings. The maximum Gasteiger partial charge on any atom is 0.0726 e. The van der Waals surface area contributed by atoms with Gasteiger partial charge in [0, 0.05) is 49.0 Å². The quantitative estimate of drug-likeness (QED) is 0.774. The van der Waals surface area contributed by atoms with Gasteiger partial charge in [-0.25, -0.2) is 0 Å². The molecule has 0 radical (unpaired) electrons. The summed E-state index contributed by atoms with van der Waals surface area (Å²) in [6, 6.07) is 6.92. The second-order valence-electron chi connectivity index (χ2n) is 7.72. The molecule has 2 N–H and O–H groups in total. The number of pyridine rings is 1. The second kappa shape index (κ2) is 6.09. The van der Waals surface area contributed by atoms with Crippen molar-refractivity contribution in [1.29, 1.82) is 0 Å². The summed E-state index contributed by atoms with van der Waals surface area (Å²) >= 11 is 0. The highest BCUT2D eigenvalue weighted by Crippen LogP contribution is 2.38. The minimum absolute atomic E-state index is 0.277. The van der Waals surface area contributed by atoms with Crippen molar-refractivity contribution >= 4 is 16.6 Å². The Bertz CT molecular complexity index is 974. The highest BCUT2D eigenvalue weighted by molar-refractivity contribution is 5.97. The molecule has 1 atom stereocenters. The lowest BCUT2D eigenvalue weighted by atomic mass is 9.91. The first kappa shape index (κ1) is 15.8. The lowest BCUT2D eigenvalue weighted by Crippen LogP contribution is -2.28. The van der Waals surface area contributed by atoms with Crippen LogP contribution in [0.2, 0.25) is 0 Å². The van der Waals surface area contributed by atoms with Gasteiger partial charge in [-0.1, -0.05) is 6.07 Å². The number of nitrogens with two attached hydrogens (primary N) is 1. The highest BCUT2D eigenvalue weighted by Gasteiger charge is 2.26. The third-order valence-electron chi connectivity index (χ3n) is 5.81. The van der Waals surface area contributed by atoms with Gasteiger partial charge in [0.2, 0.25) is 0 Å². The molecule has 2 aromatic heterocycles. The number of hydrogen-bond acceptors (Lipinski definition) is 4. The van der Waals surface area contributed by atoms with Gasteiger partial charge in [-0.3, -0.25) is 9.67 Å². The van der Waals surface area contributed by atoms with E-state index in [1.807, 2.05) is 17.9 Å². The number of benzene rings is 1. The summed E-state index contributed by atoms with van der Waals surface area (Å²) in [5.41, 5.74) is 13.8. The maximum atomic E-state index is 6.24. The number of anilines is 1. The van der Waals surface area contributed by atoms with Crippen LogP contribution in [0, 0.1) is 0 Å². The molecule has 1 saturated heterocycles. The number of aryl methyl sites for hydroxylation is 2. The molecule has 0 spiro atoms. The van der Waals surface area contributed by atoms with Crippen LogP contribution in [-0.2, 0) is 19.9 Å². The van der Waals surface area contributed by atoms with E-state index in [9.17, 15) is 0 Å². The van der Waals surface area contributed by atoms with Crippen LogP contribution in [0.25, 0.3) is 22.0 Å². The van der Waals surface area contributed by atoms with Crippen LogP contribution < -0.4 is 10.6 Å². The minimum atomic E-state index is 0.277. The molecule has 26 heavy (non-hydrogen) atoms. The first-order valence-corrected chi connectivity index (χ1v) is 9.64. The molecule has 134 valence electrons. The van der Waals surface area contributed by atoms with Crippen LogP contribution >= 0.6 is 0 Å². The summed E-state index contributed by atoms with van der Waals surface area (Å²) in [6.45, 7) is 1.99. The van der Waals surface area contributed by atoms with Gasteiger partial charge >= 0.3 is 0 Å². The fraction of sp³-hybridized carbons (Fsp3) is 0.429. The molecule has 5 heteroatoms. The third kappa shape index (κ3) is 2.58. The third-order valence-corrected chi connectivity index (χ3v) is 5.81. The van der Waals surface area contributed by atoms with Gasteiger partial charge in [0.05, 0.1) is 17.4 Å². The zero-order valence-corrected chi connectivity index (χ0v) is 15.3. The lowest BCUT2D eigenvalue weighted by Gasteiger charge is -2.28. The van der Waals surface area contributed by atoms with Crippen LogP contribution in [0.15, 0.2) is 30.6 Å². The smallest absolute Gasteiger partial charge is 0.0726 e. The topological polar surface area (TPSA) is 60.0 Å². The fourth-order valence-electron chi connectivity index (χ4n) is 4.50. The molecule has 2 aliphatic rings. The highest BCUT2D eigenvalue weighted by atomic mass is 15.2. The summed E-state index contributed by atoms with van der Waals surface area (Å²) in [5.74, 6) is 0. The van der Waals surface area contributed by atoms with Gasteiger partial charge in [0.1, 0.15) is 0 Å². The normalized spacial score (nSPS) is 19.9. The molecule has 5 nitrogen and oxygen atoms in total. The Kier molecular flexibility index (Phi) is 3.71. The molecular formula is C21H25N5. The Morgan fingerprint density at radius 3 is 2.81 bits per heavy atom. The zero-order chi connectivity index (χ0) is 17.7. The largest absolute Gasteiger partial charge is 0.369 e. The second-order valence-corrected chi connectivity index (χ2v) is 7.72. The van der Waals surface area contributed by atoms with Crippen LogP contribution in [0.3, 0.4) is 0 Å². The van der Waals surface area contributed by atoms with E-state index in [0.717, 1.165) is 43.4 Å². The maximum absolute atomic E-state index is 6.24. The molecule has 3 heterocycles. The van der Waals surface area contributed by atoms with E-state index in [1.165, 1.54) is 40.7 Å². The van der Waals surface area contributed by atoms with Crippen molar-refractivity contribution in [3.8, 4) is 11.1 Å². The Hall–Kier alpha value is -2.40. The van der Waals surface area contributed by atoms with Gasteiger partial charge in [-0.2, -0.15) is 5.10 Å². The van der Waals surface area contributed by atoms with Crippen molar-refractivity contribution in [2.75, 3.05) is 18.0 Å². The van der Waals surface area contributed by atoms with Crippen molar-refractivity contribution in [3.05, 3.63) is 41.9 Å². The van der Waals surface area contributed by atoms with E-state index < -0.39 is 0 Å². The Labute approximate surface area is 153 Å². The van der Waals surface area contributed by atoms with Crippen molar-refractivity contribution in [1.82, 2.24) is 14.8 Å². The molecule has 1 unspecified atom stereocenters. The Morgan fingerprint density at radius 1 is 1.15 bits per heavy atom. The number of nitrogens with zero attached hydrogens (tertiary/aromatic N) is 4. The number of aromatic nitrogens is 3. The summed E-state index contributed by atoms with van der Waals surface area (Å²) in [5, 5.41) is 5.59.